The molecule has 0 aliphatic heterocycles. The summed E-state index contributed by atoms with van der Waals surface area (Å²) in [5.41, 5.74) is -0.698. The first-order chi connectivity index (χ1) is 5.68. The van der Waals surface area contributed by atoms with Crippen LogP contribution in [0, 0.1) is 0 Å². The average Bonchev–Trinajstić information content (AvgIpc) is 2.82. The van der Waals surface area contributed by atoms with Gasteiger partial charge in [-0.2, -0.15) is 0 Å². The van der Waals surface area contributed by atoms with Gasteiger partial charge in [0.05, 0.1) is 0 Å². The van der Waals surface area contributed by atoms with Gasteiger partial charge in [-0.25, -0.2) is 4.39 Å². The van der Waals surface area contributed by atoms with E-state index < -0.39 is 5.67 Å². The van der Waals surface area contributed by atoms with Crippen LogP contribution in [0.1, 0.15) is 65.7 Å². The highest BCUT2D eigenvalue weighted by atomic mass is 19.1. The van der Waals surface area contributed by atoms with Crippen LogP contribution in [0.25, 0.3) is 0 Å². The number of hydrogen-bond donors (Lipinski definition) is 0. The van der Waals surface area contributed by atoms with Gasteiger partial charge in [0.15, 0.2) is 0 Å². The Labute approximate surface area is 76.6 Å². The molecule has 0 unspecified atom stereocenters. The zero-order valence-electron chi connectivity index (χ0n) is 8.83. The Morgan fingerprint density at radius 1 is 1.00 bits per heavy atom. The zero-order valence-corrected chi connectivity index (χ0v) is 8.83. The molecule has 0 radical (unpaired) electrons. The fraction of sp³-hybridized carbons (Fsp3) is 1.00. The molecule has 1 rings (SSSR count). The van der Waals surface area contributed by atoms with E-state index in [4.69, 9.17) is 0 Å². The minimum atomic E-state index is -0.698. The SMILES string of the molecule is CCCC.CCCCC1(F)CC1. The summed E-state index contributed by atoms with van der Waals surface area (Å²) in [6.45, 7) is 6.46. The van der Waals surface area contributed by atoms with Crippen LogP contribution in [0.3, 0.4) is 0 Å². The van der Waals surface area contributed by atoms with Gasteiger partial charge in [-0.3, -0.25) is 0 Å². The Kier molecular flexibility index (Phi) is 6.41. The van der Waals surface area contributed by atoms with E-state index in [0.29, 0.717) is 0 Å². The maximum Gasteiger partial charge on any atom is 0.111 e. The van der Waals surface area contributed by atoms with Crippen molar-refractivity contribution in [1.29, 1.82) is 0 Å². The number of hydrogen-bond acceptors (Lipinski definition) is 0. The first-order valence-electron chi connectivity index (χ1n) is 5.37. The molecule has 1 fully saturated rings. The molecular weight excluding hydrogens is 151 g/mol. The molecule has 1 heteroatoms. The van der Waals surface area contributed by atoms with E-state index in [2.05, 4.69) is 20.8 Å². The Balaban J connectivity index is 0.000000261. The molecule has 0 amide bonds. The molecule has 12 heavy (non-hydrogen) atoms. The fourth-order valence-corrected chi connectivity index (χ4v) is 0.879. The van der Waals surface area contributed by atoms with Gasteiger partial charge in [-0.05, 0) is 19.3 Å². The van der Waals surface area contributed by atoms with E-state index >= 15 is 0 Å². The lowest BCUT2D eigenvalue weighted by Gasteiger charge is -1.99. The largest absolute Gasteiger partial charge is 0.244 e. The lowest BCUT2D eigenvalue weighted by molar-refractivity contribution is 0.283. The Morgan fingerprint density at radius 3 is 1.75 bits per heavy atom. The van der Waals surface area contributed by atoms with Crippen LogP contribution in [-0.2, 0) is 0 Å². The standard InChI is InChI=1S/C7H13F.C4H10/c1-2-3-4-7(8)5-6-7;1-3-4-2/h2-6H2,1H3;3-4H2,1-2H3. The summed E-state index contributed by atoms with van der Waals surface area (Å²) in [5.74, 6) is 0. The minimum Gasteiger partial charge on any atom is -0.244 e. The second-order valence-electron chi connectivity index (χ2n) is 3.75. The summed E-state index contributed by atoms with van der Waals surface area (Å²) in [6, 6.07) is 0. The van der Waals surface area contributed by atoms with Crippen LogP contribution in [0.4, 0.5) is 4.39 Å². The topological polar surface area (TPSA) is 0 Å². The molecule has 0 aromatic heterocycles. The summed E-state index contributed by atoms with van der Waals surface area (Å²) in [6.07, 6.45) is 7.30. The van der Waals surface area contributed by atoms with Crippen LogP contribution < -0.4 is 0 Å². The Hall–Kier alpha value is -0.0700. The van der Waals surface area contributed by atoms with Gasteiger partial charge in [0.1, 0.15) is 5.67 Å². The van der Waals surface area contributed by atoms with Crippen molar-refractivity contribution in [2.45, 2.75) is 71.4 Å². The molecule has 0 atom stereocenters. The summed E-state index contributed by atoms with van der Waals surface area (Å²) in [5, 5.41) is 0. The van der Waals surface area contributed by atoms with Gasteiger partial charge in [0, 0.05) is 0 Å². The molecule has 0 aromatic rings. The van der Waals surface area contributed by atoms with Gasteiger partial charge >= 0.3 is 0 Å². The van der Waals surface area contributed by atoms with Crippen molar-refractivity contribution in [3.8, 4) is 0 Å². The first-order valence-corrected chi connectivity index (χ1v) is 5.37. The van der Waals surface area contributed by atoms with Gasteiger partial charge in [-0.1, -0.05) is 46.5 Å². The normalized spacial score (nSPS) is 18.0. The monoisotopic (exact) mass is 174 g/mol. The fourth-order valence-electron chi connectivity index (χ4n) is 0.879. The Bertz CT molecular complexity index is 93.2. The maximum absolute atomic E-state index is 12.7. The van der Waals surface area contributed by atoms with E-state index in [-0.39, 0.29) is 0 Å². The summed E-state index contributed by atoms with van der Waals surface area (Å²) in [7, 11) is 0. The molecule has 0 bridgehead atoms. The number of alkyl halides is 1. The van der Waals surface area contributed by atoms with E-state index in [1.807, 2.05) is 0 Å². The third-order valence-corrected chi connectivity index (χ3v) is 2.27. The molecule has 1 saturated carbocycles. The molecule has 0 N–H and O–H groups in total. The van der Waals surface area contributed by atoms with Gasteiger partial charge in [-0.15, -0.1) is 0 Å². The van der Waals surface area contributed by atoms with Gasteiger partial charge in [0.2, 0.25) is 0 Å². The van der Waals surface area contributed by atoms with Crippen LogP contribution in [0.15, 0.2) is 0 Å². The lowest BCUT2D eigenvalue weighted by Crippen LogP contribution is -1.96. The number of rotatable bonds is 4. The zero-order chi connectivity index (χ0) is 9.45. The molecular formula is C11H23F. The van der Waals surface area contributed by atoms with Gasteiger partial charge in [0.25, 0.3) is 0 Å². The molecule has 1 aliphatic rings. The second kappa shape index (κ2) is 6.45. The van der Waals surface area contributed by atoms with Crippen LogP contribution in [0.5, 0.6) is 0 Å². The minimum absolute atomic E-state index is 0.698. The van der Waals surface area contributed by atoms with Crippen molar-refractivity contribution in [3.05, 3.63) is 0 Å². The summed E-state index contributed by atoms with van der Waals surface area (Å²) < 4.78 is 12.7. The summed E-state index contributed by atoms with van der Waals surface area (Å²) >= 11 is 0. The van der Waals surface area contributed by atoms with E-state index in [1.165, 1.54) is 12.8 Å². The highest BCUT2D eigenvalue weighted by Gasteiger charge is 2.41. The van der Waals surface area contributed by atoms with Crippen molar-refractivity contribution in [2.24, 2.45) is 0 Å². The van der Waals surface area contributed by atoms with Crippen molar-refractivity contribution >= 4 is 0 Å². The number of halogens is 1. The summed E-state index contributed by atoms with van der Waals surface area (Å²) in [4.78, 5) is 0. The predicted molar refractivity (Wildman–Crippen MR) is 53.2 cm³/mol. The molecule has 0 aromatic carbocycles. The quantitative estimate of drug-likeness (QED) is 0.589. The van der Waals surface area contributed by atoms with Gasteiger partial charge < -0.3 is 0 Å². The van der Waals surface area contributed by atoms with E-state index in [0.717, 1.165) is 32.1 Å². The van der Waals surface area contributed by atoms with Crippen molar-refractivity contribution < 1.29 is 4.39 Å². The van der Waals surface area contributed by atoms with Crippen molar-refractivity contribution in [1.82, 2.24) is 0 Å². The van der Waals surface area contributed by atoms with Crippen LogP contribution in [-0.4, -0.2) is 5.67 Å². The molecule has 0 saturated heterocycles. The highest BCUT2D eigenvalue weighted by Crippen LogP contribution is 2.43. The third kappa shape index (κ3) is 6.63. The van der Waals surface area contributed by atoms with E-state index in [1.54, 1.807) is 0 Å². The van der Waals surface area contributed by atoms with E-state index in [9.17, 15) is 4.39 Å². The molecule has 74 valence electrons. The molecule has 0 nitrogen and oxygen atoms in total. The van der Waals surface area contributed by atoms with Crippen molar-refractivity contribution in [2.75, 3.05) is 0 Å². The van der Waals surface area contributed by atoms with Crippen LogP contribution in [0.2, 0.25) is 0 Å². The average molecular weight is 174 g/mol. The van der Waals surface area contributed by atoms with Crippen LogP contribution >= 0.6 is 0 Å². The highest BCUT2D eigenvalue weighted by molar-refractivity contribution is 4.93. The maximum atomic E-state index is 12.7. The predicted octanol–water partition coefficient (Wildman–Crippen LogP) is 4.49. The number of unbranched alkanes of at least 4 members (excludes halogenated alkanes) is 2. The second-order valence-corrected chi connectivity index (χ2v) is 3.75. The lowest BCUT2D eigenvalue weighted by atomic mass is 10.2. The third-order valence-electron chi connectivity index (χ3n) is 2.27. The first kappa shape index (κ1) is 11.9. The van der Waals surface area contributed by atoms with Crippen molar-refractivity contribution in [3.63, 3.8) is 0 Å². The molecule has 0 heterocycles. The smallest absolute Gasteiger partial charge is 0.111 e. The molecule has 0 spiro atoms. The molecule has 1 aliphatic carbocycles. The Morgan fingerprint density at radius 2 is 1.50 bits per heavy atom.